The van der Waals surface area contributed by atoms with Crippen LogP contribution in [0.1, 0.15) is 37.9 Å². The number of nitrogens with one attached hydrogen (secondary N) is 2. The van der Waals surface area contributed by atoms with Crippen LogP contribution in [0.4, 0.5) is 4.79 Å². The summed E-state index contributed by atoms with van der Waals surface area (Å²) in [7, 11) is 0. The average molecular weight is 415 g/mol. The van der Waals surface area contributed by atoms with Gasteiger partial charge in [0.25, 0.3) is 0 Å². The van der Waals surface area contributed by atoms with Crippen LogP contribution in [0.2, 0.25) is 5.02 Å². The van der Waals surface area contributed by atoms with Gasteiger partial charge in [0.15, 0.2) is 0 Å². The Labute approximate surface area is 174 Å². The molecule has 0 fully saturated rings. The van der Waals surface area contributed by atoms with E-state index in [2.05, 4.69) is 10.6 Å². The smallest absolute Gasteiger partial charge is 0.338 e. The largest absolute Gasteiger partial charge is 0.491 e. The lowest BCUT2D eigenvalue weighted by molar-refractivity contribution is -0.138. The van der Waals surface area contributed by atoms with Crippen molar-refractivity contribution in [3.05, 3.63) is 70.3 Å². The molecular weight excluding hydrogens is 392 g/mol. The van der Waals surface area contributed by atoms with E-state index < -0.39 is 18.0 Å². The number of hydrogen-bond donors (Lipinski definition) is 2. The van der Waals surface area contributed by atoms with Crippen LogP contribution in [0.5, 0.6) is 5.75 Å². The standard InChI is InChI=1S/C22H23ClN2O4/c1-4-28-21(26)18-19(14-8-6-5-7-9-14)24-22(27)25-20(18)16-12-15(23)10-11-17(16)29-13(2)3/h5-13,20H,4H2,1-3H3,(H2,24,25,27). The highest BCUT2D eigenvalue weighted by molar-refractivity contribution is 6.30. The minimum Gasteiger partial charge on any atom is -0.491 e. The zero-order valence-electron chi connectivity index (χ0n) is 16.5. The van der Waals surface area contributed by atoms with E-state index in [4.69, 9.17) is 21.1 Å². The number of urea groups is 1. The Balaban J connectivity index is 2.22. The summed E-state index contributed by atoms with van der Waals surface area (Å²) in [5.74, 6) is 0.00476. The number of halogens is 1. The fourth-order valence-corrected chi connectivity index (χ4v) is 3.35. The summed E-state index contributed by atoms with van der Waals surface area (Å²) in [6, 6.07) is 13.1. The molecule has 152 valence electrons. The Bertz CT molecular complexity index is 941. The number of carbonyl (C=O) groups is 2. The van der Waals surface area contributed by atoms with Crippen molar-refractivity contribution < 1.29 is 19.1 Å². The highest BCUT2D eigenvalue weighted by Crippen LogP contribution is 2.37. The zero-order chi connectivity index (χ0) is 21.0. The second kappa shape index (κ2) is 9.01. The lowest BCUT2D eigenvalue weighted by atomic mass is 9.92. The highest BCUT2D eigenvalue weighted by atomic mass is 35.5. The van der Waals surface area contributed by atoms with Crippen LogP contribution in [-0.2, 0) is 9.53 Å². The van der Waals surface area contributed by atoms with Gasteiger partial charge in [-0.05, 0) is 44.5 Å². The van der Waals surface area contributed by atoms with Gasteiger partial charge < -0.3 is 20.1 Å². The number of rotatable bonds is 6. The van der Waals surface area contributed by atoms with Crippen LogP contribution >= 0.6 is 11.6 Å². The summed E-state index contributed by atoms with van der Waals surface area (Å²) in [6.07, 6.45) is -0.101. The molecule has 1 atom stereocenters. The van der Waals surface area contributed by atoms with Crippen molar-refractivity contribution >= 4 is 29.3 Å². The van der Waals surface area contributed by atoms with Gasteiger partial charge in [0.05, 0.1) is 30.0 Å². The van der Waals surface area contributed by atoms with Gasteiger partial charge >= 0.3 is 12.0 Å². The van der Waals surface area contributed by atoms with Gasteiger partial charge in [0.2, 0.25) is 0 Å². The summed E-state index contributed by atoms with van der Waals surface area (Å²) in [6.45, 7) is 5.74. The molecule has 2 aromatic carbocycles. The van der Waals surface area contributed by atoms with E-state index in [0.29, 0.717) is 27.6 Å². The first-order valence-corrected chi connectivity index (χ1v) is 9.78. The molecule has 3 rings (SSSR count). The number of ether oxygens (including phenoxy) is 2. The number of hydrogen-bond acceptors (Lipinski definition) is 4. The third-order valence-electron chi connectivity index (χ3n) is 4.28. The van der Waals surface area contributed by atoms with Crippen LogP contribution in [0.25, 0.3) is 5.70 Å². The molecule has 1 heterocycles. The summed E-state index contributed by atoms with van der Waals surface area (Å²) in [5.41, 5.74) is 1.96. The molecule has 0 saturated carbocycles. The van der Waals surface area contributed by atoms with Crippen LogP contribution in [-0.4, -0.2) is 24.7 Å². The molecule has 0 radical (unpaired) electrons. The van der Waals surface area contributed by atoms with Gasteiger partial charge in [-0.1, -0.05) is 41.9 Å². The van der Waals surface area contributed by atoms with E-state index in [-0.39, 0.29) is 18.3 Å². The molecule has 7 heteroatoms. The minimum absolute atomic E-state index is 0.101. The minimum atomic E-state index is -0.787. The quantitative estimate of drug-likeness (QED) is 0.684. The molecule has 0 spiro atoms. The van der Waals surface area contributed by atoms with Gasteiger partial charge in [0.1, 0.15) is 5.75 Å². The zero-order valence-corrected chi connectivity index (χ0v) is 17.2. The molecule has 2 amide bonds. The normalized spacial score (nSPS) is 16.3. The van der Waals surface area contributed by atoms with Crippen molar-refractivity contribution in [1.82, 2.24) is 10.6 Å². The summed E-state index contributed by atoms with van der Waals surface area (Å²) >= 11 is 6.23. The average Bonchev–Trinajstić information content (AvgIpc) is 2.69. The van der Waals surface area contributed by atoms with Gasteiger partial charge in [-0.2, -0.15) is 0 Å². The van der Waals surface area contributed by atoms with Gasteiger partial charge in [-0.25, -0.2) is 9.59 Å². The first kappa shape index (κ1) is 20.7. The maximum atomic E-state index is 12.9. The first-order valence-electron chi connectivity index (χ1n) is 9.41. The van der Waals surface area contributed by atoms with Crippen LogP contribution < -0.4 is 15.4 Å². The van der Waals surface area contributed by atoms with Crippen molar-refractivity contribution in [1.29, 1.82) is 0 Å². The van der Waals surface area contributed by atoms with E-state index in [0.717, 1.165) is 0 Å². The number of benzene rings is 2. The highest BCUT2D eigenvalue weighted by Gasteiger charge is 2.36. The monoisotopic (exact) mass is 414 g/mol. The number of carbonyl (C=O) groups excluding carboxylic acids is 2. The Hall–Kier alpha value is -2.99. The van der Waals surface area contributed by atoms with Gasteiger partial charge in [-0.15, -0.1) is 0 Å². The van der Waals surface area contributed by atoms with Crippen molar-refractivity contribution in [2.24, 2.45) is 0 Å². The van der Waals surface area contributed by atoms with Crippen LogP contribution in [0, 0.1) is 0 Å². The Morgan fingerprint density at radius 3 is 2.55 bits per heavy atom. The number of amides is 2. The Morgan fingerprint density at radius 2 is 1.90 bits per heavy atom. The molecule has 0 aliphatic carbocycles. The van der Waals surface area contributed by atoms with Crippen molar-refractivity contribution in [3.63, 3.8) is 0 Å². The molecule has 2 aromatic rings. The molecular formula is C22H23ClN2O4. The molecule has 0 aromatic heterocycles. The van der Waals surface area contributed by atoms with E-state index in [9.17, 15) is 9.59 Å². The fourth-order valence-electron chi connectivity index (χ4n) is 3.17. The lowest BCUT2D eigenvalue weighted by Gasteiger charge is -2.31. The topological polar surface area (TPSA) is 76.7 Å². The first-order chi connectivity index (χ1) is 13.9. The van der Waals surface area contributed by atoms with E-state index in [1.165, 1.54) is 0 Å². The Kier molecular flexibility index (Phi) is 6.44. The molecule has 0 saturated heterocycles. The Morgan fingerprint density at radius 1 is 1.17 bits per heavy atom. The molecule has 29 heavy (non-hydrogen) atoms. The predicted octanol–water partition coefficient (Wildman–Crippen LogP) is 4.46. The van der Waals surface area contributed by atoms with E-state index >= 15 is 0 Å². The third-order valence-corrected chi connectivity index (χ3v) is 4.51. The van der Waals surface area contributed by atoms with Crippen molar-refractivity contribution in [2.75, 3.05) is 6.61 Å². The van der Waals surface area contributed by atoms with Crippen LogP contribution in [0.15, 0.2) is 54.1 Å². The molecule has 2 N–H and O–H groups in total. The lowest BCUT2D eigenvalue weighted by Crippen LogP contribution is -2.45. The summed E-state index contributed by atoms with van der Waals surface area (Å²) in [4.78, 5) is 25.4. The second-order valence-corrected chi connectivity index (χ2v) is 7.19. The maximum absolute atomic E-state index is 12.9. The SMILES string of the molecule is CCOC(=O)C1=C(c2ccccc2)NC(=O)NC1c1cc(Cl)ccc1OC(C)C. The summed E-state index contributed by atoms with van der Waals surface area (Å²) in [5, 5.41) is 6.03. The predicted molar refractivity (Wildman–Crippen MR) is 112 cm³/mol. The molecule has 1 aliphatic heterocycles. The van der Waals surface area contributed by atoms with Gasteiger partial charge in [-0.3, -0.25) is 0 Å². The second-order valence-electron chi connectivity index (χ2n) is 6.76. The number of esters is 1. The van der Waals surface area contributed by atoms with Crippen LogP contribution in [0.3, 0.4) is 0 Å². The fraction of sp³-hybridized carbons (Fsp3) is 0.273. The molecule has 6 nitrogen and oxygen atoms in total. The third kappa shape index (κ3) is 4.71. The summed E-state index contributed by atoms with van der Waals surface area (Å²) < 4.78 is 11.2. The van der Waals surface area contributed by atoms with Crippen molar-refractivity contribution in [3.8, 4) is 5.75 Å². The molecule has 1 aliphatic rings. The van der Waals surface area contributed by atoms with E-state index in [1.807, 2.05) is 44.2 Å². The van der Waals surface area contributed by atoms with Gasteiger partial charge in [0, 0.05) is 10.6 Å². The van der Waals surface area contributed by atoms with Crippen molar-refractivity contribution in [2.45, 2.75) is 32.9 Å². The molecule has 1 unspecified atom stereocenters. The molecule has 0 bridgehead atoms. The maximum Gasteiger partial charge on any atom is 0.338 e. The van der Waals surface area contributed by atoms with E-state index in [1.54, 1.807) is 25.1 Å².